The molecule has 1 amide bonds. The lowest BCUT2D eigenvalue weighted by Crippen LogP contribution is -2.43. The largest absolute Gasteiger partial charge is 0.444 e. The van der Waals surface area contributed by atoms with Crippen LogP contribution in [-0.2, 0) is 25.6 Å². The van der Waals surface area contributed by atoms with E-state index in [1.54, 1.807) is 4.90 Å². The Balaban J connectivity index is 1.64. The number of nitrogens with zero attached hydrogens (tertiary/aromatic N) is 4. The van der Waals surface area contributed by atoms with Crippen molar-refractivity contribution in [3.05, 3.63) is 41.1 Å². The summed E-state index contributed by atoms with van der Waals surface area (Å²) in [6, 6.07) is 10.0. The fraction of sp³-hybridized carbons (Fsp3) is 0.577. The van der Waals surface area contributed by atoms with Crippen molar-refractivity contribution in [3.8, 4) is 17.3 Å². The number of ether oxygens (including phenoxy) is 4. The molecule has 0 bridgehead atoms. The van der Waals surface area contributed by atoms with Crippen LogP contribution < -0.4 is 0 Å². The first-order valence-corrected chi connectivity index (χ1v) is 12.2. The van der Waals surface area contributed by atoms with Crippen LogP contribution in [0.25, 0.3) is 11.3 Å². The standard InChI is InChI=1S/C26H34N4O5/c1-5-32-17-22-21(15-27)23(18-8-10-19(11-9-18)24-33-13-14-34-24)28-30(22)20-7-6-12-29(16-20)25(31)35-26(2,3)4/h8-11,20,24H,5-7,12-14,16-17H2,1-4H3. The van der Waals surface area contributed by atoms with Gasteiger partial charge in [0.25, 0.3) is 0 Å². The topological polar surface area (TPSA) is 98.8 Å². The number of hydrogen-bond acceptors (Lipinski definition) is 7. The Bertz CT molecular complexity index is 1060. The van der Waals surface area contributed by atoms with E-state index in [1.807, 2.05) is 56.6 Å². The van der Waals surface area contributed by atoms with Gasteiger partial charge in [-0.05, 0) is 40.5 Å². The zero-order valence-corrected chi connectivity index (χ0v) is 21.0. The van der Waals surface area contributed by atoms with Gasteiger partial charge in [-0.25, -0.2) is 4.79 Å². The number of nitriles is 1. The van der Waals surface area contributed by atoms with Crippen LogP contribution in [0.1, 0.15) is 69.7 Å². The molecule has 2 aliphatic heterocycles. The number of carbonyl (C=O) groups excluding carboxylic acids is 1. The third-order valence-corrected chi connectivity index (χ3v) is 6.04. The minimum atomic E-state index is -0.558. The van der Waals surface area contributed by atoms with Crippen LogP contribution in [0.5, 0.6) is 0 Å². The van der Waals surface area contributed by atoms with Crippen LogP contribution in [-0.4, -0.2) is 59.3 Å². The molecule has 1 unspecified atom stereocenters. The van der Waals surface area contributed by atoms with Crippen molar-refractivity contribution in [2.75, 3.05) is 32.9 Å². The molecule has 4 rings (SSSR count). The summed E-state index contributed by atoms with van der Waals surface area (Å²) in [6.07, 6.45) is 0.991. The summed E-state index contributed by atoms with van der Waals surface area (Å²) in [5, 5.41) is 15.0. The molecule has 0 spiro atoms. The number of hydrogen-bond donors (Lipinski definition) is 0. The Morgan fingerprint density at radius 2 is 1.94 bits per heavy atom. The summed E-state index contributed by atoms with van der Waals surface area (Å²) in [4.78, 5) is 14.4. The zero-order chi connectivity index (χ0) is 25.0. The van der Waals surface area contributed by atoms with Gasteiger partial charge in [0, 0.05) is 30.8 Å². The van der Waals surface area contributed by atoms with Crippen molar-refractivity contribution in [2.45, 2.75) is 65.1 Å². The highest BCUT2D eigenvalue weighted by Crippen LogP contribution is 2.32. The molecule has 1 atom stereocenters. The van der Waals surface area contributed by atoms with E-state index < -0.39 is 5.60 Å². The van der Waals surface area contributed by atoms with Gasteiger partial charge < -0.3 is 23.8 Å². The molecule has 2 fully saturated rings. The Morgan fingerprint density at radius 1 is 1.23 bits per heavy atom. The van der Waals surface area contributed by atoms with Gasteiger partial charge in [0.1, 0.15) is 22.9 Å². The average molecular weight is 483 g/mol. The fourth-order valence-corrected chi connectivity index (χ4v) is 4.42. The first-order valence-electron chi connectivity index (χ1n) is 12.2. The minimum absolute atomic E-state index is 0.0767. The van der Waals surface area contributed by atoms with Gasteiger partial charge in [0.2, 0.25) is 0 Å². The molecule has 0 saturated carbocycles. The van der Waals surface area contributed by atoms with Crippen LogP contribution in [0.15, 0.2) is 24.3 Å². The van der Waals surface area contributed by atoms with Gasteiger partial charge in [-0.2, -0.15) is 10.4 Å². The third kappa shape index (κ3) is 5.84. The smallest absolute Gasteiger partial charge is 0.410 e. The molecule has 188 valence electrons. The quantitative estimate of drug-likeness (QED) is 0.594. The highest BCUT2D eigenvalue weighted by Gasteiger charge is 2.32. The molecule has 1 aromatic carbocycles. The average Bonchev–Trinajstić information content (AvgIpc) is 3.50. The zero-order valence-electron chi connectivity index (χ0n) is 21.0. The molecule has 35 heavy (non-hydrogen) atoms. The van der Waals surface area contributed by atoms with Gasteiger partial charge in [-0.1, -0.05) is 24.3 Å². The van der Waals surface area contributed by atoms with Crippen molar-refractivity contribution in [1.82, 2.24) is 14.7 Å². The van der Waals surface area contributed by atoms with Gasteiger partial charge in [-0.3, -0.25) is 4.68 Å². The molecular formula is C26H34N4O5. The monoisotopic (exact) mass is 482 g/mol. The Labute approximate surface area is 206 Å². The summed E-state index contributed by atoms with van der Waals surface area (Å²) < 4.78 is 24.4. The second kappa shape index (κ2) is 10.8. The maximum atomic E-state index is 12.7. The van der Waals surface area contributed by atoms with E-state index in [0.717, 1.165) is 29.7 Å². The van der Waals surface area contributed by atoms with Gasteiger partial charge in [0.05, 0.1) is 31.6 Å². The number of rotatable bonds is 6. The van der Waals surface area contributed by atoms with Crippen molar-refractivity contribution < 1.29 is 23.7 Å². The predicted molar refractivity (Wildman–Crippen MR) is 128 cm³/mol. The predicted octanol–water partition coefficient (Wildman–Crippen LogP) is 4.58. The second-order valence-corrected chi connectivity index (χ2v) is 9.78. The van der Waals surface area contributed by atoms with Gasteiger partial charge in [0.15, 0.2) is 6.29 Å². The summed E-state index contributed by atoms with van der Waals surface area (Å²) in [6.45, 7) is 10.6. The van der Waals surface area contributed by atoms with Gasteiger partial charge >= 0.3 is 6.09 Å². The Hall–Kier alpha value is -2.93. The van der Waals surface area contributed by atoms with Crippen molar-refractivity contribution in [2.24, 2.45) is 0 Å². The summed E-state index contributed by atoms with van der Waals surface area (Å²) >= 11 is 0. The minimum Gasteiger partial charge on any atom is -0.444 e. The Kier molecular flexibility index (Phi) is 7.75. The molecule has 2 aliphatic rings. The van der Waals surface area contributed by atoms with E-state index in [4.69, 9.17) is 24.0 Å². The highest BCUT2D eigenvalue weighted by molar-refractivity contribution is 5.69. The van der Waals surface area contributed by atoms with Crippen LogP contribution in [0.2, 0.25) is 0 Å². The van der Waals surface area contributed by atoms with Crippen LogP contribution >= 0.6 is 0 Å². The number of likely N-dealkylation sites (tertiary alicyclic amines) is 1. The number of amides is 1. The normalized spacial score (nSPS) is 19.1. The number of benzene rings is 1. The van der Waals surface area contributed by atoms with E-state index in [0.29, 0.717) is 44.2 Å². The Morgan fingerprint density at radius 3 is 2.57 bits per heavy atom. The van der Waals surface area contributed by atoms with Gasteiger partial charge in [-0.15, -0.1) is 0 Å². The van der Waals surface area contributed by atoms with Crippen LogP contribution in [0, 0.1) is 11.3 Å². The molecule has 9 heteroatoms. The van der Waals surface area contributed by atoms with E-state index in [2.05, 4.69) is 6.07 Å². The first-order chi connectivity index (χ1) is 16.8. The number of piperidine rings is 1. The molecule has 3 heterocycles. The van der Waals surface area contributed by atoms with Crippen LogP contribution in [0.3, 0.4) is 0 Å². The van der Waals surface area contributed by atoms with Crippen LogP contribution in [0.4, 0.5) is 4.79 Å². The molecule has 0 N–H and O–H groups in total. The lowest BCUT2D eigenvalue weighted by molar-refractivity contribution is -0.0441. The first kappa shape index (κ1) is 25.2. The summed E-state index contributed by atoms with van der Waals surface area (Å²) in [5.41, 5.74) is 3.04. The van der Waals surface area contributed by atoms with Crippen molar-refractivity contribution in [1.29, 1.82) is 5.26 Å². The van der Waals surface area contributed by atoms with E-state index in [9.17, 15) is 10.1 Å². The maximum absolute atomic E-state index is 12.7. The molecule has 2 saturated heterocycles. The van der Waals surface area contributed by atoms with E-state index in [-0.39, 0.29) is 25.0 Å². The molecule has 1 aromatic heterocycles. The lowest BCUT2D eigenvalue weighted by atomic mass is 10.0. The SMILES string of the molecule is CCOCc1c(C#N)c(-c2ccc(C3OCCO3)cc2)nn1C1CCCN(C(=O)OC(C)(C)C)C1. The maximum Gasteiger partial charge on any atom is 0.410 e. The number of carbonyl (C=O) groups is 1. The highest BCUT2D eigenvalue weighted by atomic mass is 16.7. The molecule has 0 aliphatic carbocycles. The van der Waals surface area contributed by atoms with Crippen molar-refractivity contribution in [3.63, 3.8) is 0 Å². The molecular weight excluding hydrogens is 448 g/mol. The lowest BCUT2D eigenvalue weighted by Gasteiger charge is -2.34. The second-order valence-electron chi connectivity index (χ2n) is 9.78. The molecule has 0 radical (unpaired) electrons. The summed E-state index contributed by atoms with van der Waals surface area (Å²) in [5.74, 6) is 0. The molecule has 2 aromatic rings. The molecule has 9 nitrogen and oxygen atoms in total. The van der Waals surface area contributed by atoms with Crippen molar-refractivity contribution >= 4 is 6.09 Å². The number of aromatic nitrogens is 2. The third-order valence-electron chi connectivity index (χ3n) is 6.04. The summed E-state index contributed by atoms with van der Waals surface area (Å²) in [7, 11) is 0. The fourth-order valence-electron chi connectivity index (χ4n) is 4.42. The van der Waals surface area contributed by atoms with E-state index in [1.165, 1.54) is 0 Å². The van der Waals surface area contributed by atoms with E-state index >= 15 is 0 Å².